The molecule has 0 spiro atoms. The van der Waals surface area contributed by atoms with Crippen molar-refractivity contribution in [1.82, 2.24) is 29.5 Å². The zero-order valence-electron chi connectivity index (χ0n) is 16.8. The van der Waals surface area contributed by atoms with Crippen LogP contribution in [0.5, 0.6) is 0 Å². The minimum atomic E-state index is 0.246. The molecule has 0 saturated carbocycles. The number of carbonyl (C=O) groups is 1. The maximum absolute atomic E-state index is 11.4. The second-order valence-corrected chi connectivity index (χ2v) is 7.36. The quantitative estimate of drug-likeness (QED) is 0.615. The van der Waals surface area contributed by atoms with Gasteiger partial charge in [-0.1, -0.05) is 31.0 Å². The second-order valence-electron chi connectivity index (χ2n) is 6.92. The van der Waals surface area contributed by atoms with Gasteiger partial charge in [0.05, 0.1) is 17.4 Å². The SMILES string of the molecule is CCCc1cccn2ncnc12.CN(CCN1CCCC1=O)c1ncc(Cl)cn1. The van der Waals surface area contributed by atoms with Crippen molar-refractivity contribution < 1.29 is 4.79 Å². The molecule has 29 heavy (non-hydrogen) atoms. The number of rotatable bonds is 6. The van der Waals surface area contributed by atoms with Crippen LogP contribution in [0.25, 0.3) is 5.65 Å². The normalized spacial score (nSPS) is 13.5. The fraction of sp³-hybridized carbons (Fsp3) is 0.450. The zero-order chi connectivity index (χ0) is 20.6. The Hall–Kier alpha value is -2.74. The van der Waals surface area contributed by atoms with E-state index >= 15 is 0 Å². The van der Waals surface area contributed by atoms with Crippen LogP contribution in [0.2, 0.25) is 5.02 Å². The average Bonchev–Trinajstić information content (AvgIpc) is 3.37. The lowest BCUT2D eigenvalue weighted by molar-refractivity contribution is -0.127. The highest BCUT2D eigenvalue weighted by Gasteiger charge is 2.20. The Morgan fingerprint density at radius 1 is 1.24 bits per heavy atom. The van der Waals surface area contributed by atoms with Gasteiger partial charge in [0.15, 0.2) is 5.65 Å². The molecular weight excluding hydrogens is 390 g/mol. The maximum atomic E-state index is 11.4. The van der Waals surface area contributed by atoms with Crippen LogP contribution in [0.3, 0.4) is 0 Å². The van der Waals surface area contributed by atoms with E-state index in [2.05, 4.69) is 33.0 Å². The number of likely N-dealkylation sites (tertiary alicyclic amines) is 1. The number of pyridine rings is 1. The fourth-order valence-electron chi connectivity index (χ4n) is 3.18. The van der Waals surface area contributed by atoms with Gasteiger partial charge in [-0.05, 0) is 24.5 Å². The molecule has 154 valence electrons. The molecule has 0 aliphatic carbocycles. The van der Waals surface area contributed by atoms with E-state index < -0.39 is 0 Å². The molecule has 0 atom stereocenters. The molecule has 3 aromatic rings. The van der Waals surface area contributed by atoms with Gasteiger partial charge in [0.25, 0.3) is 0 Å². The van der Waals surface area contributed by atoms with Gasteiger partial charge in [0, 0.05) is 39.3 Å². The van der Waals surface area contributed by atoms with Gasteiger partial charge in [0.1, 0.15) is 6.33 Å². The Kier molecular flexibility index (Phi) is 7.35. The van der Waals surface area contributed by atoms with Crippen molar-refractivity contribution in [3.63, 3.8) is 0 Å². The number of aromatic nitrogens is 5. The highest BCUT2D eigenvalue weighted by molar-refractivity contribution is 6.30. The lowest BCUT2D eigenvalue weighted by Gasteiger charge is -2.21. The van der Waals surface area contributed by atoms with Crippen molar-refractivity contribution in [3.8, 4) is 0 Å². The topological polar surface area (TPSA) is 79.5 Å². The minimum Gasteiger partial charge on any atom is -0.342 e. The van der Waals surface area contributed by atoms with E-state index in [1.807, 2.05) is 33.6 Å². The Labute approximate surface area is 175 Å². The van der Waals surface area contributed by atoms with Crippen LogP contribution in [0.4, 0.5) is 5.95 Å². The van der Waals surface area contributed by atoms with Crippen LogP contribution in [-0.2, 0) is 11.2 Å². The van der Waals surface area contributed by atoms with Crippen LogP contribution in [0.15, 0.2) is 37.1 Å². The summed E-state index contributed by atoms with van der Waals surface area (Å²) in [4.78, 5) is 27.7. The number of likely N-dealkylation sites (N-methyl/N-ethyl adjacent to an activating group) is 1. The number of halogens is 1. The summed E-state index contributed by atoms with van der Waals surface area (Å²) in [5, 5.41) is 4.59. The van der Waals surface area contributed by atoms with Crippen molar-refractivity contribution >= 4 is 29.1 Å². The van der Waals surface area contributed by atoms with E-state index in [4.69, 9.17) is 11.6 Å². The predicted molar refractivity (Wildman–Crippen MR) is 113 cm³/mol. The molecule has 4 heterocycles. The zero-order valence-corrected chi connectivity index (χ0v) is 17.6. The first-order chi connectivity index (χ1) is 14.1. The van der Waals surface area contributed by atoms with Crippen molar-refractivity contribution in [2.45, 2.75) is 32.6 Å². The van der Waals surface area contributed by atoms with Crippen LogP contribution < -0.4 is 4.90 Å². The standard InChI is InChI=1S/C11H15ClN4O.C9H11N3/c1-15(11-13-7-9(12)8-14-11)5-6-16-4-2-3-10(16)17;1-2-4-8-5-3-6-12-9(8)10-7-11-12/h7-8H,2-6H2,1H3;3,5-7H,2,4H2,1H3. The largest absolute Gasteiger partial charge is 0.342 e. The summed E-state index contributed by atoms with van der Waals surface area (Å²) in [5.41, 5.74) is 2.26. The molecule has 1 aliphatic rings. The molecule has 8 nitrogen and oxygen atoms in total. The Morgan fingerprint density at radius 2 is 2.03 bits per heavy atom. The number of hydrogen-bond acceptors (Lipinski definition) is 6. The van der Waals surface area contributed by atoms with Crippen molar-refractivity contribution in [2.24, 2.45) is 0 Å². The molecule has 4 rings (SSSR count). The summed E-state index contributed by atoms with van der Waals surface area (Å²) in [6, 6.07) is 4.11. The lowest BCUT2D eigenvalue weighted by Crippen LogP contribution is -2.34. The summed E-state index contributed by atoms with van der Waals surface area (Å²) in [6.07, 6.45) is 10.5. The van der Waals surface area contributed by atoms with Gasteiger partial charge < -0.3 is 9.80 Å². The molecule has 0 bridgehead atoms. The molecule has 0 radical (unpaired) electrons. The number of fused-ring (bicyclic) bond motifs is 1. The summed E-state index contributed by atoms with van der Waals surface area (Å²) in [7, 11) is 1.91. The molecule has 1 fully saturated rings. The summed E-state index contributed by atoms with van der Waals surface area (Å²) >= 11 is 5.72. The molecular formula is C20H26ClN7O. The van der Waals surface area contributed by atoms with Crippen LogP contribution >= 0.6 is 11.6 Å². The highest BCUT2D eigenvalue weighted by atomic mass is 35.5. The highest BCUT2D eigenvalue weighted by Crippen LogP contribution is 2.12. The summed E-state index contributed by atoms with van der Waals surface area (Å²) < 4.78 is 1.81. The van der Waals surface area contributed by atoms with Crippen LogP contribution in [0, 0.1) is 0 Å². The number of carbonyl (C=O) groups excluding carboxylic acids is 1. The first-order valence-electron chi connectivity index (χ1n) is 9.82. The third-order valence-electron chi connectivity index (χ3n) is 4.73. The third-order valence-corrected chi connectivity index (χ3v) is 4.92. The molecule has 9 heteroatoms. The number of aryl methyl sites for hydroxylation is 1. The number of hydrogen-bond donors (Lipinski definition) is 0. The van der Waals surface area contributed by atoms with E-state index in [1.54, 1.807) is 18.7 Å². The Bertz CT molecular complexity index is 928. The van der Waals surface area contributed by atoms with Gasteiger partial charge in [0.2, 0.25) is 11.9 Å². The maximum Gasteiger partial charge on any atom is 0.225 e. The van der Waals surface area contributed by atoms with Crippen molar-refractivity contribution in [1.29, 1.82) is 0 Å². The molecule has 0 unspecified atom stereocenters. The lowest BCUT2D eigenvalue weighted by atomic mass is 10.2. The second kappa shape index (κ2) is 10.2. The predicted octanol–water partition coefficient (Wildman–Crippen LogP) is 2.87. The van der Waals surface area contributed by atoms with E-state index in [0.717, 1.165) is 44.5 Å². The van der Waals surface area contributed by atoms with Crippen LogP contribution in [0.1, 0.15) is 31.7 Å². The van der Waals surface area contributed by atoms with E-state index in [0.29, 0.717) is 17.4 Å². The van der Waals surface area contributed by atoms with Gasteiger partial charge in [-0.25, -0.2) is 19.5 Å². The Morgan fingerprint density at radius 3 is 2.72 bits per heavy atom. The van der Waals surface area contributed by atoms with E-state index in [1.165, 1.54) is 5.56 Å². The smallest absolute Gasteiger partial charge is 0.225 e. The summed E-state index contributed by atoms with van der Waals surface area (Å²) in [6.45, 7) is 4.49. The van der Waals surface area contributed by atoms with Gasteiger partial charge in [-0.3, -0.25) is 4.79 Å². The molecule has 0 N–H and O–H groups in total. The van der Waals surface area contributed by atoms with E-state index in [9.17, 15) is 4.79 Å². The first-order valence-corrected chi connectivity index (χ1v) is 10.2. The first kappa shape index (κ1) is 21.0. The fourth-order valence-corrected chi connectivity index (χ4v) is 3.28. The van der Waals surface area contributed by atoms with Gasteiger partial charge in [-0.15, -0.1) is 0 Å². The average molecular weight is 416 g/mol. The van der Waals surface area contributed by atoms with Crippen molar-refractivity contribution in [2.75, 3.05) is 31.6 Å². The minimum absolute atomic E-state index is 0.246. The molecule has 0 aromatic carbocycles. The summed E-state index contributed by atoms with van der Waals surface area (Å²) in [5.74, 6) is 0.872. The number of nitrogens with zero attached hydrogens (tertiary/aromatic N) is 7. The van der Waals surface area contributed by atoms with Crippen LogP contribution in [-0.4, -0.2) is 62.1 Å². The number of amides is 1. The van der Waals surface area contributed by atoms with Gasteiger partial charge >= 0.3 is 0 Å². The molecule has 1 aliphatic heterocycles. The van der Waals surface area contributed by atoms with Crippen molar-refractivity contribution in [3.05, 3.63) is 47.6 Å². The molecule has 3 aromatic heterocycles. The monoisotopic (exact) mass is 415 g/mol. The number of anilines is 1. The third kappa shape index (κ3) is 5.63. The van der Waals surface area contributed by atoms with Gasteiger partial charge in [-0.2, -0.15) is 5.10 Å². The molecule has 1 amide bonds. The van der Waals surface area contributed by atoms with E-state index in [-0.39, 0.29) is 5.91 Å². The Balaban J connectivity index is 0.000000176. The molecule has 1 saturated heterocycles.